The third kappa shape index (κ3) is 5.98. The van der Waals surface area contributed by atoms with Gasteiger partial charge in [-0.1, -0.05) is 29.8 Å². The molecule has 7 nitrogen and oxygen atoms in total. The van der Waals surface area contributed by atoms with Gasteiger partial charge in [0, 0.05) is 44.4 Å². The first-order chi connectivity index (χ1) is 18.3. The molecule has 0 spiro atoms. The molecule has 194 valence electrons. The fraction of sp³-hybridized carbons (Fsp3) is 0.233. The zero-order valence-corrected chi connectivity index (χ0v) is 21.0. The standard InChI is InChI=1S/C30H28FN3O4/c1-19-2-7-27(31)21(12-19)14-24(36)13-20-3-5-25(6-4-20)38-26-8-10-32-29(16-26)28-15-22(17-33-28)30(37)34-11-9-23(35)18-34/h2-8,10,12,15-17,23,33,35H,9,11,13-14,18H2,1H3/t23-/m1/s1. The molecule has 2 N–H and O–H groups in total. The molecule has 4 aromatic rings. The predicted molar refractivity (Wildman–Crippen MR) is 141 cm³/mol. The number of halogens is 1. The van der Waals surface area contributed by atoms with Gasteiger partial charge in [-0.25, -0.2) is 4.39 Å². The van der Waals surface area contributed by atoms with E-state index in [1.54, 1.807) is 59.8 Å². The third-order valence-electron chi connectivity index (χ3n) is 6.54. The topological polar surface area (TPSA) is 95.5 Å². The summed E-state index contributed by atoms with van der Waals surface area (Å²) in [6.45, 7) is 2.76. The van der Waals surface area contributed by atoms with E-state index in [0.29, 0.717) is 53.5 Å². The number of aromatic amines is 1. The van der Waals surface area contributed by atoms with Crippen molar-refractivity contribution < 1.29 is 23.8 Å². The van der Waals surface area contributed by atoms with Gasteiger partial charge in [-0.15, -0.1) is 0 Å². The molecule has 0 aliphatic carbocycles. The number of aromatic nitrogens is 2. The van der Waals surface area contributed by atoms with E-state index in [4.69, 9.17) is 4.74 Å². The molecule has 5 rings (SSSR count). The zero-order chi connectivity index (χ0) is 26.6. The number of H-pyrrole nitrogens is 1. The summed E-state index contributed by atoms with van der Waals surface area (Å²) in [4.78, 5) is 34.3. The van der Waals surface area contributed by atoms with Crippen molar-refractivity contribution in [2.75, 3.05) is 13.1 Å². The highest BCUT2D eigenvalue weighted by Crippen LogP contribution is 2.27. The average Bonchev–Trinajstić information content (AvgIpc) is 3.57. The van der Waals surface area contributed by atoms with Crippen LogP contribution in [0.25, 0.3) is 11.4 Å². The molecule has 38 heavy (non-hydrogen) atoms. The number of carbonyl (C=O) groups excluding carboxylic acids is 2. The Kier molecular flexibility index (Phi) is 7.33. The molecule has 1 saturated heterocycles. The number of pyridine rings is 1. The van der Waals surface area contributed by atoms with Crippen LogP contribution in [0.1, 0.15) is 33.5 Å². The lowest BCUT2D eigenvalue weighted by Crippen LogP contribution is -2.29. The second kappa shape index (κ2) is 11.0. The number of likely N-dealkylation sites (tertiary alicyclic amines) is 1. The lowest BCUT2D eigenvalue weighted by molar-refractivity contribution is -0.117. The highest BCUT2D eigenvalue weighted by atomic mass is 19.1. The van der Waals surface area contributed by atoms with Crippen molar-refractivity contribution in [3.8, 4) is 22.9 Å². The number of nitrogens with one attached hydrogen (secondary N) is 1. The molecular formula is C30H28FN3O4. The van der Waals surface area contributed by atoms with Gasteiger partial charge in [0.1, 0.15) is 23.1 Å². The highest BCUT2D eigenvalue weighted by molar-refractivity contribution is 5.95. The van der Waals surface area contributed by atoms with Crippen LogP contribution in [-0.2, 0) is 17.6 Å². The van der Waals surface area contributed by atoms with Crippen molar-refractivity contribution in [1.82, 2.24) is 14.9 Å². The van der Waals surface area contributed by atoms with Gasteiger partial charge < -0.3 is 19.7 Å². The van der Waals surface area contributed by atoms with Crippen LogP contribution in [0, 0.1) is 12.7 Å². The monoisotopic (exact) mass is 513 g/mol. The number of aliphatic hydroxyl groups excluding tert-OH is 1. The summed E-state index contributed by atoms with van der Waals surface area (Å²) in [6.07, 6.45) is 3.65. The molecule has 2 aromatic carbocycles. The van der Waals surface area contributed by atoms with Crippen molar-refractivity contribution in [2.24, 2.45) is 0 Å². The molecule has 1 amide bonds. The molecule has 1 aliphatic heterocycles. The molecule has 2 aromatic heterocycles. The Labute approximate surface area is 219 Å². The third-order valence-corrected chi connectivity index (χ3v) is 6.54. The van der Waals surface area contributed by atoms with Crippen molar-refractivity contribution in [1.29, 1.82) is 0 Å². The predicted octanol–water partition coefficient (Wildman–Crippen LogP) is 4.88. The molecule has 1 aliphatic rings. The zero-order valence-electron chi connectivity index (χ0n) is 21.0. The van der Waals surface area contributed by atoms with Crippen LogP contribution in [0.4, 0.5) is 4.39 Å². The minimum Gasteiger partial charge on any atom is -0.457 e. The number of carbonyl (C=O) groups is 2. The molecule has 0 bridgehead atoms. The summed E-state index contributed by atoms with van der Waals surface area (Å²) in [7, 11) is 0. The number of Topliss-reactive ketones (excluding diaryl/α,β-unsaturated/α-hetero) is 1. The van der Waals surface area contributed by atoms with E-state index in [1.165, 1.54) is 6.07 Å². The maximum Gasteiger partial charge on any atom is 0.255 e. The second-order valence-electron chi connectivity index (χ2n) is 9.61. The van der Waals surface area contributed by atoms with Gasteiger partial charge >= 0.3 is 0 Å². The fourth-order valence-electron chi connectivity index (χ4n) is 4.55. The maximum absolute atomic E-state index is 14.0. The molecule has 8 heteroatoms. The summed E-state index contributed by atoms with van der Waals surface area (Å²) in [5, 5.41) is 9.70. The van der Waals surface area contributed by atoms with E-state index in [2.05, 4.69) is 9.97 Å². The first kappa shape index (κ1) is 25.4. The van der Waals surface area contributed by atoms with Crippen LogP contribution in [0.15, 0.2) is 73.1 Å². The summed E-state index contributed by atoms with van der Waals surface area (Å²) in [5.74, 6) is 0.612. The fourth-order valence-corrected chi connectivity index (χ4v) is 4.55. The molecule has 0 saturated carbocycles. The van der Waals surface area contributed by atoms with E-state index in [-0.39, 0.29) is 30.3 Å². The molecular weight excluding hydrogens is 485 g/mol. The van der Waals surface area contributed by atoms with Crippen molar-refractivity contribution in [3.05, 3.63) is 101 Å². The van der Waals surface area contributed by atoms with Gasteiger partial charge in [-0.3, -0.25) is 14.6 Å². The Morgan fingerprint density at radius 2 is 1.89 bits per heavy atom. The Morgan fingerprint density at radius 1 is 1.08 bits per heavy atom. The van der Waals surface area contributed by atoms with Crippen LogP contribution in [0.5, 0.6) is 11.5 Å². The SMILES string of the molecule is Cc1ccc(F)c(CC(=O)Cc2ccc(Oc3ccnc(-c4cc(C(=O)N5CC[C@@H](O)C5)c[nH]4)c3)cc2)c1. The van der Waals surface area contributed by atoms with Crippen LogP contribution < -0.4 is 4.74 Å². The van der Waals surface area contributed by atoms with Crippen LogP contribution in [0.2, 0.25) is 0 Å². The summed E-state index contributed by atoms with van der Waals surface area (Å²) in [5.41, 5.74) is 3.96. The average molecular weight is 514 g/mol. The maximum atomic E-state index is 14.0. The molecule has 1 fully saturated rings. The van der Waals surface area contributed by atoms with Crippen LogP contribution in [0.3, 0.4) is 0 Å². The lowest BCUT2D eigenvalue weighted by Gasteiger charge is -2.13. The van der Waals surface area contributed by atoms with Gasteiger partial charge in [-0.2, -0.15) is 0 Å². The van der Waals surface area contributed by atoms with Gasteiger partial charge in [0.25, 0.3) is 5.91 Å². The smallest absolute Gasteiger partial charge is 0.255 e. The summed E-state index contributed by atoms with van der Waals surface area (Å²) < 4.78 is 20.0. The van der Waals surface area contributed by atoms with E-state index < -0.39 is 6.10 Å². The largest absolute Gasteiger partial charge is 0.457 e. The normalized spacial score (nSPS) is 15.0. The first-order valence-electron chi connectivity index (χ1n) is 12.5. The molecule has 1 atom stereocenters. The number of aliphatic hydroxyl groups is 1. The number of benzene rings is 2. The number of aryl methyl sites for hydroxylation is 1. The minimum atomic E-state index is -0.467. The van der Waals surface area contributed by atoms with Gasteiger partial charge in [-0.05, 0) is 54.8 Å². The first-order valence-corrected chi connectivity index (χ1v) is 12.5. The van der Waals surface area contributed by atoms with Gasteiger partial charge in [0.15, 0.2) is 0 Å². The van der Waals surface area contributed by atoms with Crippen LogP contribution in [-0.4, -0.2) is 50.9 Å². The quantitative estimate of drug-likeness (QED) is 0.350. The lowest BCUT2D eigenvalue weighted by atomic mass is 10.0. The van der Waals surface area contributed by atoms with Gasteiger partial charge in [0.2, 0.25) is 0 Å². The Hall–Kier alpha value is -4.30. The molecule has 0 unspecified atom stereocenters. The highest BCUT2D eigenvalue weighted by Gasteiger charge is 2.26. The number of rotatable bonds is 8. The number of amides is 1. The van der Waals surface area contributed by atoms with Crippen molar-refractivity contribution >= 4 is 11.7 Å². The minimum absolute atomic E-state index is 0.0532. The van der Waals surface area contributed by atoms with E-state index >= 15 is 0 Å². The van der Waals surface area contributed by atoms with E-state index in [0.717, 1.165) is 11.1 Å². The van der Waals surface area contributed by atoms with Crippen molar-refractivity contribution in [3.63, 3.8) is 0 Å². The Bertz CT molecular complexity index is 1460. The van der Waals surface area contributed by atoms with E-state index in [1.807, 2.05) is 19.1 Å². The van der Waals surface area contributed by atoms with Crippen LogP contribution >= 0.6 is 0 Å². The number of nitrogens with zero attached hydrogens (tertiary/aromatic N) is 2. The number of ether oxygens (including phenoxy) is 1. The van der Waals surface area contributed by atoms with Gasteiger partial charge in [0.05, 0.1) is 23.1 Å². The number of ketones is 1. The van der Waals surface area contributed by atoms with Crippen molar-refractivity contribution in [2.45, 2.75) is 32.3 Å². The molecule has 0 radical (unpaired) electrons. The second-order valence-corrected chi connectivity index (χ2v) is 9.61. The summed E-state index contributed by atoms with van der Waals surface area (Å²) >= 11 is 0. The number of β-amino-alcohol motifs (C(OH)–C–C–N with tert-alkyl or cyclic N) is 1. The molecule has 3 heterocycles. The Morgan fingerprint density at radius 3 is 2.66 bits per heavy atom. The summed E-state index contributed by atoms with van der Waals surface area (Å²) in [6, 6.07) is 17.2. The number of hydrogen-bond acceptors (Lipinski definition) is 5. The number of hydrogen-bond donors (Lipinski definition) is 2. The Balaban J connectivity index is 1.20. The van der Waals surface area contributed by atoms with E-state index in [9.17, 15) is 19.1 Å².